The van der Waals surface area contributed by atoms with Crippen LogP contribution in [-0.2, 0) is 16.0 Å². The summed E-state index contributed by atoms with van der Waals surface area (Å²) in [5.41, 5.74) is 0.988. The van der Waals surface area contributed by atoms with E-state index in [2.05, 4.69) is 10.3 Å². The van der Waals surface area contributed by atoms with Crippen molar-refractivity contribution in [2.45, 2.75) is 25.7 Å². The van der Waals surface area contributed by atoms with Crippen molar-refractivity contribution in [1.29, 1.82) is 0 Å². The molecule has 2 fully saturated rings. The third kappa shape index (κ3) is 4.81. The Bertz CT molecular complexity index is 986. The molecule has 2 aliphatic rings. The fraction of sp³-hybridized carbons (Fsp3) is 0.375. The molecule has 162 valence electrons. The van der Waals surface area contributed by atoms with Crippen molar-refractivity contribution >= 4 is 17.9 Å². The van der Waals surface area contributed by atoms with Crippen LogP contribution in [0.25, 0.3) is 6.08 Å². The first-order chi connectivity index (χ1) is 15.0. The Morgan fingerprint density at radius 3 is 2.71 bits per heavy atom. The molecule has 0 bridgehead atoms. The first kappa shape index (κ1) is 21.2. The smallest absolute Gasteiger partial charge is 0.246 e. The maximum atomic E-state index is 13.7. The topological polar surface area (TPSA) is 62.3 Å². The number of rotatable bonds is 6. The van der Waals surface area contributed by atoms with Gasteiger partial charge in [0.05, 0.1) is 0 Å². The highest BCUT2D eigenvalue weighted by atomic mass is 19.2. The van der Waals surface area contributed by atoms with E-state index in [0.29, 0.717) is 26.1 Å². The molecule has 1 spiro atoms. The van der Waals surface area contributed by atoms with E-state index in [1.54, 1.807) is 11.1 Å². The SMILES string of the molecule is O=C(NCCc1ccccn1)[C@H]1CC12CCN(C(=O)/C=C/c1cccc(F)c1F)CC2. The summed E-state index contributed by atoms with van der Waals surface area (Å²) >= 11 is 0. The van der Waals surface area contributed by atoms with E-state index in [9.17, 15) is 18.4 Å². The van der Waals surface area contributed by atoms with E-state index in [1.807, 2.05) is 18.2 Å². The number of hydrogen-bond donors (Lipinski definition) is 1. The first-order valence-corrected chi connectivity index (χ1v) is 10.6. The van der Waals surface area contributed by atoms with Crippen LogP contribution in [0.2, 0.25) is 0 Å². The van der Waals surface area contributed by atoms with Crippen LogP contribution in [-0.4, -0.2) is 41.3 Å². The molecule has 0 radical (unpaired) electrons. The van der Waals surface area contributed by atoms with Crippen LogP contribution in [0.3, 0.4) is 0 Å². The van der Waals surface area contributed by atoms with Crippen molar-refractivity contribution in [3.8, 4) is 0 Å². The van der Waals surface area contributed by atoms with Crippen LogP contribution in [0.15, 0.2) is 48.7 Å². The monoisotopic (exact) mass is 425 g/mol. The van der Waals surface area contributed by atoms with Gasteiger partial charge in [-0.25, -0.2) is 8.78 Å². The van der Waals surface area contributed by atoms with Gasteiger partial charge in [0.1, 0.15) is 0 Å². The normalized spacial score (nSPS) is 19.5. The van der Waals surface area contributed by atoms with E-state index >= 15 is 0 Å². The second-order valence-electron chi connectivity index (χ2n) is 8.28. The molecule has 1 N–H and O–H groups in total. The number of nitrogens with one attached hydrogen (secondary N) is 1. The Hall–Kier alpha value is -3.09. The zero-order chi connectivity index (χ0) is 21.8. The molecule has 1 atom stereocenters. The minimum absolute atomic E-state index is 0.00502. The van der Waals surface area contributed by atoms with Gasteiger partial charge in [-0.1, -0.05) is 18.2 Å². The van der Waals surface area contributed by atoms with Gasteiger partial charge >= 0.3 is 0 Å². The molecule has 31 heavy (non-hydrogen) atoms. The highest BCUT2D eigenvalue weighted by Crippen LogP contribution is 2.59. The molecular weight excluding hydrogens is 400 g/mol. The van der Waals surface area contributed by atoms with Crippen LogP contribution in [0.1, 0.15) is 30.5 Å². The third-order valence-corrected chi connectivity index (χ3v) is 6.37. The van der Waals surface area contributed by atoms with Gasteiger partial charge in [0.2, 0.25) is 11.8 Å². The largest absolute Gasteiger partial charge is 0.355 e. The highest BCUT2D eigenvalue weighted by molar-refractivity contribution is 5.92. The number of benzene rings is 1. The quantitative estimate of drug-likeness (QED) is 0.722. The summed E-state index contributed by atoms with van der Waals surface area (Å²) in [5.74, 6) is -2.04. The van der Waals surface area contributed by atoms with Gasteiger partial charge in [0.25, 0.3) is 0 Å². The Kier molecular flexibility index (Phi) is 6.11. The number of halogens is 2. The number of carbonyl (C=O) groups excluding carboxylic acids is 2. The highest BCUT2D eigenvalue weighted by Gasteiger charge is 2.58. The molecule has 1 saturated carbocycles. The summed E-state index contributed by atoms with van der Waals surface area (Å²) in [6.07, 6.45) is 7.44. The number of carbonyl (C=O) groups is 2. The van der Waals surface area contributed by atoms with Crippen LogP contribution < -0.4 is 5.32 Å². The van der Waals surface area contributed by atoms with Crippen molar-refractivity contribution in [2.75, 3.05) is 19.6 Å². The molecule has 2 heterocycles. The average molecular weight is 425 g/mol. The van der Waals surface area contributed by atoms with Gasteiger partial charge in [-0.15, -0.1) is 0 Å². The van der Waals surface area contributed by atoms with E-state index in [4.69, 9.17) is 0 Å². The molecule has 1 aromatic carbocycles. The average Bonchev–Trinajstić information content (AvgIpc) is 3.49. The van der Waals surface area contributed by atoms with Crippen molar-refractivity contribution in [1.82, 2.24) is 15.2 Å². The summed E-state index contributed by atoms with van der Waals surface area (Å²) in [4.78, 5) is 30.9. The standard InChI is InChI=1S/C24H25F2N3O2/c25-20-6-3-4-17(22(20)26)7-8-21(30)29-14-10-24(11-15-29)16-19(24)23(31)28-13-9-18-5-1-2-12-27-18/h1-8,12,19H,9-11,13-16H2,(H,28,31)/b8-7+/t19-/m1/s1. The van der Waals surface area contributed by atoms with Crippen LogP contribution in [0.5, 0.6) is 0 Å². The number of pyridine rings is 1. The summed E-state index contributed by atoms with van der Waals surface area (Å²) in [5, 5.41) is 3.01. The zero-order valence-corrected chi connectivity index (χ0v) is 17.2. The van der Waals surface area contributed by atoms with Gasteiger partial charge in [0, 0.05) is 55.5 Å². The lowest BCUT2D eigenvalue weighted by molar-refractivity contribution is -0.127. The number of piperidine rings is 1. The Balaban J connectivity index is 1.23. The number of likely N-dealkylation sites (tertiary alicyclic amines) is 1. The van der Waals surface area contributed by atoms with Gasteiger partial charge in [-0.3, -0.25) is 14.6 Å². The summed E-state index contributed by atoms with van der Waals surface area (Å²) in [7, 11) is 0. The maximum Gasteiger partial charge on any atom is 0.246 e. The van der Waals surface area contributed by atoms with Gasteiger partial charge in [0.15, 0.2) is 11.6 Å². The first-order valence-electron chi connectivity index (χ1n) is 10.6. The van der Waals surface area contributed by atoms with Gasteiger partial charge in [-0.2, -0.15) is 0 Å². The number of hydrogen-bond acceptors (Lipinski definition) is 3. The molecule has 0 unspecified atom stereocenters. The van der Waals surface area contributed by atoms with Crippen molar-refractivity contribution in [3.05, 3.63) is 71.6 Å². The van der Waals surface area contributed by atoms with Gasteiger partial charge < -0.3 is 10.2 Å². The van der Waals surface area contributed by atoms with Crippen molar-refractivity contribution < 1.29 is 18.4 Å². The molecule has 4 rings (SSSR count). The Morgan fingerprint density at radius 2 is 1.97 bits per heavy atom. The second kappa shape index (κ2) is 8.96. The summed E-state index contributed by atoms with van der Waals surface area (Å²) < 4.78 is 27.0. The third-order valence-electron chi connectivity index (χ3n) is 6.37. The number of nitrogens with zero attached hydrogens (tertiary/aromatic N) is 2. The molecule has 1 aliphatic carbocycles. The minimum atomic E-state index is -0.959. The molecule has 1 aromatic heterocycles. The fourth-order valence-corrected chi connectivity index (χ4v) is 4.34. The van der Waals surface area contributed by atoms with E-state index in [1.165, 1.54) is 24.3 Å². The van der Waals surface area contributed by atoms with Crippen LogP contribution in [0, 0.1) is 23.0 Å². The molecule has 1 aliphatic heterocycles. The predicted molar refractivity (Wildman–Crippen MR) is 113 cm³/mol. The van der Waals surface area contributed by atoms with Gasteiger partial charge in [-0.05, 0) is 49.0 Å². The van der Waals surface area contributed by atoms with E-state index in [0.717, 1.165) is 31.0 Å². The van der Waals surface area contributed by atoms with Crippen LogP contribution >= 0.6 is 0 Å². The number of amides is 2. The Labute approximate surface area is 180 Å². The lowest BCUT2D eigenvalue weighted by Crippen LogP contribution is -2.40. The lowest BCUT2D eigenvalue weighted by Gasteiger charge is -2.32. The maximum absolute atomic E-state index is 13.7. The minimum Gasteiger partial charge on any atom is -0.355 e. The number of aromatic nitrogens is 1. The molecule has 1 saturated heterocycles. The Morgan fingerprint density at radius 1 is 1.16 bits per heavy atom. The molecule has 2 aromatic rings. The fourth-order valence-electron chi connectivity index (χ4n) is 4.34. The zero-order valence-electron chi connectivity index (χ0n) is 17.2. The predicted octanol–water partition coefficient (Wildman–Crippen LogP) is 3.36. The second-order valence-corrected chi connectivity index (χ2v) is 8.28. The van der Waals surface area contributed by atoms with Crippen LogP contribution in [0.4, 0.5) is 8.78 Å². The van der Waals surface area contributed by atoms with Crippen molar-refractivity contribution in [2.24, 2.45) is 11.3 Å². The molecular formula is C24H25F2N3O2. The van der Waals surface area contributed by atoms with E-state index < -0.39 is 11.6 Å². The summed E-state index contributed by atoms with van der Waals surface area (Å²) in [6.45, 7) is 1.69. The lowest BCUT2D eigenvalue weighted by atomic mass is 9.90. The van der Waals surface area contributed by atoms with E-state index in [-0.39, 0.29) is 28.7 Å². The molecule has 2 amide bonds. The molecule has 5 nitrogen and oxygen atoms in total. The molecule has 7 heteroatoms. The summed E-state index contributed by atoms with van der Waals surface area (Å²) in [6, 6.07) is 9.60. The van der Waals surface area contributed by atoms with Crippen molar-refractivity contribution in [3.63, 3.8) is 0 Å².